The molecule has 0 unspecified atom stereocenters. The summed E-state index contributed by atoms with van der Waals surface area (Å²) in [4.78, 5) is 0. The third kappa shape index (κ3) is 4.77. The van der Waals surface area contributed by atoms with Gasteiger partial charge in [0, 0.05) is 18.2 Å². The van der Waals surface area contributed by atoms with Crippen LogP contribution in [0.5, 0.6) is 0 Å². The molecule has 9 nitrogen and oxygen atoms in total. The molecule has 2 heterocycles. The molecular formula is C20H24O9P2. The second kappa shape index (κ2) is 9.40. The Labute approximate surface area is 181 Å². The van der Waals surface area contributed by atoms with Crippen molar-refractivity contribution in [2.24, 2.45) is 0 Å². The van der Waals surface area contributed by atoms with Crippen LogP contribution in [0, 0.1) is 0 Å². The summed E-state index contributed by atoms with van der Waals surface area (Å²) in [6.07, 6.45) is 2.66. The van der Waals surface area contributed by atoms with Crippen molar-refractivity contribution in [1.29, 1.82) is 0 Å². The molecule has 31 heavy (non-hydrogen) atoms. The predicted octanol–water partition coefficient (Wildman–Crippen LogP) is 5.89. The molecule has 11 heteroatoms. The van der Waals surface area contributed by atoms with Gasteiger partial charge in [-0.25, -0.2) is 4.57 Å². The summed E-state index contributed by atoms with van der Waals surface area (Å²) in [6.45, 7) is 0. The minimum absolute atomic E-state index is 0.432. The first-order valence-corrected chi connectivity index (χ1v) is 12.3. The van der Waals surface area contributed by atoms with E-state index in [1.54, 1.807) is 0 Å². The fraction of sp³-hybridized carbons (Fsp3) is 0.200. The Balaban J connectivity index is 0.000000210. The molecule has 2 aromatic rings. The Morgan fingerprint density at radius 2 is 1.06 bits per heavy atom. The van der Waals surface area contributed by atoms with E-state index in [9.17, 15) is 4.57 Å². The van der Waals surface area contributed by atoms with Gasteiger partial charge in [0.15, 0.2) is 11.5 Å². The predicted molar refractivity (Wildman–Crippen MR) is 116 cm³/mol. The van der Waals surface area contributed by atoms with Gasteiger partial charge in [-0.15, -0.1) is 0 Å². The van der Waals surface area contributed by atoms with Crippen LogP contribution in [0.2, 0.25) is 0 Å². The van der Waals surface area contributed by atoms with E-state index in [-0.39, 0.29) is 0 Å². The molecule has 2 aliphatic rings. The van der Waals surface area contributed by atoms with Crippen LogP contribution in [0.15, 0.2) is 73.2 Å². The quantitative estimate of drug-likeness (QED) is 0.480. The first kappa shape index (κ1) is 23.3. The standard InChI is InChI=1S/C15H13O4P.C5H11O5P/c1-17-20(16)18-14(12-8-4-2-5-9-12)15(19-20)13-10-6-3-7-11-13;1-6-11(7-2,8-3)9-4-5-10-11/h2-11H,1H3;4-5H,1-3H3. The van der Waals surface area contributed by atoms with Gasteiger partial charge in [-0.2, -0.15) is 0 Å². The van der Waals surface area contributed by atoms with Crippen LogP contribution in [-0.4, -0.2) is 28.4 Å². The van der Waals surface area contributed by atoms with Crippen molar-refractivity contribution in [2.75, 3.05) is 28.4 Å². The molecule has 0 spiro atoms. The molecule has 0 atom stereocenters. The summed E-state index contributed by atoms with van der Waals surface area (Å²) in [5, 5.41) is 0. The van der Waals surface area contributed by atoms with E-state index in [2.05, 4.69) is 0 Å². The molecule has 0 bridgehead atoms. The summed E-state index contributed by atoms with van der Waals surface area (Å²) >= 11 is 0. The summed E-state index contributed by atoms with van der Waals surface area (Å²) < 4.78 is 53.0. The van der Waals surface area contributed by atoms with Gasteiger partial charge in [-0.3, -0.25) is 4.52 Å². The molecule has 4 rings (SSSR count). The number of hydrogen-bond acceptors (Lipinski definition) is 9. The van der Waals surface area contributed by atoms with E-state index >= 15 is 0 Å². The zero-order chi connectivity index (χ0) is 22.4. The Hall–Kier alpha value is -2.38. The summed E-state index contributed by atoms with van der Waals surface area (Å²) in [5.74, 6) is 0.865. The van der Waals surface area contributed by atoms with Gasteiger partial charge in [-0.1, -0.05) is 60.7 Å². The molecule has 0 saturated carbocycles. The van der Waals surface area contributed by atoms with Gasteiger partial charge >= 0.3 is 72.0 Å². The Kier molecular flexibility index (Phi) is 7.06. The van der Waals surface area contributed by atoms with Crippen molar-refractivity contribution in [2.45, 2.75) is 0 Å². The van der Waals surface area contributed by atoms with Crippen LogP contribution in [0.3, 0.4) is 0 Å². The third-order valence-corrected chi connectivity index (χ3v) is 8.30. The van der Waals surface area contributed by atoms with Crippen molar-refractivity contribution in [3.05, 3.63) is 84.3 Å². The average Bonchev–Trinajstić information content (AvgIpc) is 3.44. The number of rotatable bonds is 6. The van der Waals surface area contributed by atoms with Crippen molar-refractivity contribution in [3.8, 4) is 0 Å². The van der Waals surface area contributed by atoms with Crippen LogP contribution in [0.25, 0.3) is 11.5 Å². The van der Waals surface area contributed by atoms with E-state index in [0.717, 1.165) is 11.1 Å². The average molecular weight is 470 g/mol. The van der Waals surface area contributed by atoms with Crippen molar-refractivity contribution >= 4 is 27.1 Å². The molecule has 0 N–H and O–H groups in total. The summed E-state index contributed by atoms with van der Waals surface area (Å²) in [5.41, 5.74) is 1.59. The van der Waals surface area contributed by atoms with Crippen LogP contribution in [-0.2, 0) is 40.8 Å². The fourth-order valence-corrected chi connectivity index (χ4v) is 5.22. The number of phosphoric acid groups is 1. The molecule has 0 radical (unpaired) electrons. The Bertz CT molecular complexity index is 910. The zero-order valence-corrected chi connectivity index (χ0v) is 19.3. The van der Waals surface area contributed by atoms with E-state index in [1.807, 2.05) is 60.7 Å². The summed E-state index contributed by atoms with van der Waals surface area (Å²) in [6, 6.07) is 18.8. The molecule has 2 aliphatic heterocycles. The van der Waals surface area contributed by atoms with E-state index in [0.29, 0.717) is 11.5 Å². The molecule has 2 aromatic carbocycles. The first-order valence-electron chi connectivity index (χ1n) is 9.06. The molecular weight excluding hydrogens is 446 g/mol. The van der Waals surface area contributed by atoms with Gasteiger partial charge in [-0.05, 0) is 0 Å². The van der Waals surface area contributed by atoms with E-state index in [1.165, 1.54) is 41.0 Å². The number of benzene rings is 2. The monoisotopic (exact) mass is 470 g/mol. The second-order valence-corrected chi connectivity index (χ2v) is 10.6. The maximum absolute atomic E-state index is 12.2. The number of hydrogen-bond donors (Lipinski definition) is 0. The molecule has 0 amide bonds. The fourth-order valence-electron chi connectivity index (χ4n) is 2.70. The van der Waals surface area contributed by atoms with Gasteiger partial charge in [0.05, 0.1) is 0 Å². The summed E-state index contributed by atoms with van der Waals surface area (Å²) in [7, 11) is -1.74. The maximum atomic E-state index is 12.2. The molecule has 168 valence electrons. The minimum atomic E-state index is -3.68. The molecule has 0 saturated heterocycles. The van der Waals surface area contributed by atoms with Gasteiger partial charge in [0.2, 0.25) is 0 Å². The van der Waals surface area contributed by atoms with Crippen LogP contribution in [0.4, 0.5) is 0 Å². The van der Waals surface area contributed by atoms with E-state index in [4.69, 9.17) is 36.2 Å². The zero-order valence-electron chi connectivity index (χ0n) is 17.5. The van der Waals surface area contributed by atoms with Gasteiger partial charge < -0.3 is 9.05 Å². The third-order valence-electron chi connectivity index (χ3n) is 4.32. The number of phosphoric ester groups is 1. The van der Waals surface area contributed by atoms with Crippen LogP contribution < -0.4 is 0 Å². The van der Waals surface area contributed by atoms with Crippen LogP contribution >= 0.6 is 15.6 Å². The Morgan fingerprint density at radius 1 is 0.677 bits per heavy atom. The normalized spacial score (nSPS) is 20.7. The van der Waals surface area contributed by atoms with E-state index < -0.39 is 15.6 Å². The molecule has 0 aromatic heterocycles. The topological polar surface area (TPSA) is 90.9 Å². The first-order chi connectivity index (χ1) is 14.9. The van der Waals surface area contributed by atoms with Crippen molar-refractivity contribution < 1.29 is 40.8 Å². The molecule has 0 aliphatic carbocycles. The second-order valence-electron chi connectivity index (χ2n) is 5.98. The van der Waals surface area contributed by atoms with Gasteiger partial charge in [0.25, 0.3) is 0 Å². The van der Waals surface area contributed by atoms with Gasteiger partial charge in [0.1, 0.15) is 0 Å². The van der Waals surface area contributed by atoms with Crippen molar-refractivity contribution in [3.63, 3.8) is 0 Å². The Morgan fingerprint density at radius 3 is 1.35 bits per heavy atom. The van der Waals surface area contributed by atoms with Crippen LogP contribution in [0.1, 0.15) is 11.1 Å². The van der Waals surface area contributed by atoms with Crippen molar-refractivity contribution in [1.82, 2.24) is 0 Å². The SMILES string of the molecule is COP1(=O)OC(c2ccccc2)=C(c2ccccc2)O1.COP1(OC)(OC)OC=CO1. The molecule has 0 fully saturated rings.